The highest BCUT2D eigenvalue weighted by molar-refractivity contribution is 7.80. The number of fused-ring (bicyclic) bond motifs is 1. The number of nitrogens with zero attached hydrogens (tertiary/aromatic N) is 4. The first kappa shape index (κ1) is 16.5. The lowest BCUT2D eigenvalue weighted by Gasteiger charge is -2.25. The van der Waals surface area contributed by atoms with Gasteiger partial charge >= 0.3 is 6.03 Å². The Bertz CT molecular complexity index is 663. The Morgan fingerprint density at radius 1 is 1.25 bits per heavy atom. The molecular weight excluding hydrogens is 326 g/mol. The molecule has 0 aliphatic carbocycles. The van der Waals surface area contributed by atoms with E-state index in [9.17, 15) is 4.79 Å². The van der Waals surface area contributed by atoms with E-state index in [2.05, 4.69) is 10.4 Å². The molecule has 0 radical (unpaired) electrons. The Morgan fingerprint density at radius 2 is 1.92 bits per heavy atom. The topological polar surface area (TPSA) is 60.4 Å². The molecule has 0 saturated carbocycles. The summed E-state index contributed by atoms with van der Waals surface area (Å²) in [6.07, 6.45) is 1.36. The summed E-state index contributed by atoms with van der Waals surface area (Å²) in [6.45, 7) is 5.15. The summed E-state index contributed by atoms with van der Waals surface area (Å²) in [6, 6.07) is 7.60. The number of nitrogens with one attached hydrogen (secondary N) is 1. The Hall–Kier alpha value is -2.35. The van der Waals surface area contributed by atoms with Crippen molar-refractivity contribution in [1.29, 1.82) is 0 Å². The highest BCUT2D eigenvalue weighted by Crippen LogP contribution is 2.29. The number of ether oxygens (including phenoxy) is 1. The van der Waals surface area contributed by atoms with E-state index in [4.69, 9.17) is 17.0 Å². The maximum absolute atomic E-state index is 12.5. The van der Waals surface area contributed by atoms with Gasteiger partial charge in [-0.05, 0) is 55.9 Å². The number of likely N-dealkylation sites (N-methyl/N-ethyl adjacent to an activating group) is 2. The first-order valence-corrected chi connectivity index (χ1v) is 8.36. The average molecular weight is 347 g/mol. The molecule has 24 heavy (non-hydrogen) atoms. The maximum Gasteiger partial charge on any atom is 0.323 e. The fraction of sp³-hybridized carbons (Fsp3) is 0.438. The molecule has 2 heterocycles. The van der Waals surface area contributed by atoms with E-state index < -0.39 is 0 Å². The molecule has 8 heteroatoms. The van der Waals surface area contributed by atoms with Gasteiger partial charge in [0.15, 0.2) is 11.3 Å². The van der Waals surface area contributed by atoms with Crippen molar-refractivity contribution < 1.29 is 9.53 Å². The van der Waals surface area contributed by atoms with Crippen molar-refractivity contribution in [3.05, 3.63) is 29.8 Å². The Labute approximate surface area is 146 Å². The van der Waals surface area contributed by atoms with Gasteiger partial charge < -0.3 is 15.0 Å². The molecule has 3 rings (SSSR count). The molecule has 2 aliphatic heterocycles. The second-order valence-electron chi connectivity index (χ2n) is 5.52. The standard InChI is InChI=1S/C16H21N5O2S/c1-4-19-13-14(20(5-2)16(19)22)21(15(24)18-13)17-10-11-6-8-12(23-3)9-7-11/h6-10,13-14H,4-5H2,1-3H3,(H,18,24)/b17-10+. The van der Waals surface area contributed by atoms with Gasteiger partial charge in [-0.2, -0.15) is 5.10 Å². The van der Waals surface area contributed by atoms with Gasteiger partial charge in [0.25, 0.3) is 0 Å². The minimum atomic E-state index is -0.218. The van der Waals surface area contributed by atoms with Crippen LogP contribution < -0.4 is 10.1 Å². The number of benzene rings is 1. The van der Waals surface area contributed by atoms with Crippen molar-refractivity contribution in [1.82, 2.24) is 20.1 Å². The zero-order chi connectivity index (χ0) is 17.3. The normalized spacial score (nSPS) is 23.2. The molecule has 2 aliphatic rings. The number of urea groups is 1. The molecule has 1 aromatic carbocycles. The van der Waals surface area contributed by atoms with Crippen molar-refractivity contribution in [2.24, 2.45) is 5.10 Å². The van der Waals surface area contributed by atoms with E-state index in [0.717, 1.165) is 11.3 Å². The lowest BCUT2D eigenvalue weighted by atomic mass is 10.2. The van der Waals surface area contributed by atoms with E-state index in [1.807, 2.05) is 38.1 Å². The maximum atomic E-state index is 12.5. The van der Waals surface area contributed by atoms with Crippen molar-refractivity contribution >= 4 is 29.6 Å². The van der Waals surface area contributed by atoms with Gasteiger partial charge in [-0.3, -0.25) is 4.90 Å². The van der Waals surface area contributed by atoms with E-state index in [1.54, 1.807) is 28.1 Å². The fourth-order valence-corrected chi connectivity index (χ4v) is 3.33. The molecule has 7 nitrogen and oxygen atoms in total. The van der Waals surface area contributed by atoms with E-state index in [0.29, 0.717) is 18.2 Å². The Balaban J connectivity index is 1.83. The number of carbonyl (C=O) groups is 1. The lowest BCUT2D eigenvalue weighted by Crippen LogP contribution is -2.43. The van der Waals surface area contributed by atoms with Crippen LogP contribution in [0.25, 0.3) is 0 Å². The predicted molar refractivity (Wildman–Crippen MR) is 95.9 cm³/mol. The van der Waals surface area contributed by atoms with E-state index in [-0.39, 0.29) is 18.4 Å². The van der Waals surface area contributed by atoms with Crippen LogP contribution in [0.1, 0.15) is 19.4 Å². The molecule has 1 N–H and O–H groups in total. The van der Waals surface area contributed by atoms with Crippen LogP contribution in [0.3, 0.4) is 0 Å². The number of rotatable bonds is 5. The second-order valence-corrected chi connectivity index (χ2v) is 5.91. The van der Waals surface area contributed by atoms with Gasteiger partial charge in [-0.15, -0.1) is 0 Å². The highest BCUT2D eigenvalue weighted by atomic mass is 32.1. The number of hydrazone groups is 1. The quantitative estimate of drug-likeness (QED) is 0.648. The van der Waals surface area contributed by atoms with Crippen LogP contribution in [0.4, 0.5) is 4.79 Å². The number of hydrogen-bond donors (Lipinski definition) is 1. The smallest absolute Gasteiger partial charge is 0.323 e. The largest absolute Gasteiger partial charge is 0.497 e. The summed E-state index contributed by atoms with van der Waals surface area (Å²) < 4.78 is 5.15. The molecule has 2 unspecified atom stereocenters. The second kappa shape index (κ2) is 6.64. The molecule has 2 fully saturated rings. The van der Waals surface area contributed by atoms with Crippen LogP contribution in [0.15, 0.2) is 29.4 Å². The first-order chi connectivity index (χ1) is 11.6. The molecule has 1 aromatic rings. The third-order valence-corrected chi connectivity index (χ3v) is 4.59. The Kier molecular flexibility index (Phi) is 4.57. The molecule has 0 bridgehead atoms. The number of thiocarbonyl (C=S) groups is 1. The van der Waals surface area contributed by atoms with Gasteiger partial charge in [-0.25, -0.2) is 9.80 Å². The summed E-state index contributed by atoms with van der Waals surface area (Å²) in [5.41, 5.74) is 0.932. The zero-order valence-corrected chi connectivity index (χ0v) is 14.8. The predicted octanol–water partition coefficient (Wildman–Crippen LogP) is 1.65. The van der Waals surface area contributed by atoms with Gasteiger partial charge in [-0.1, -0.05) is 0 Å². The third kappa shape index (κ3) is 2.66. The molecular formula is C16H21N5O2S. The molecule has 2 saturated heterocycles. The van der Waals surface area contributed by atoms with Crippen LogP contribution in [-0.2, 0) is 0 Å². The molecule has 0 aromatic heterocycles. The van der Waals surface area contributed by atoms with Gasteiger partial charge in [0.2, 0.25) is 0 Å². The van der Waals surface area contributed by atoms with Crippen LogP contribution >= 0.6 is 12.2 Å². The molecule has 2 amide bonds. The lowest BCUT2D eigenvalue weighted by molar-refractivity contribution is 0.157. The number of methoxy groups -OCH3 is 1. The summed E-state index contributed by atoms with van der Waals surface area (Å²) >= 11 is 5.41. The molecule has 128 valence electrons. The molecule has 2 atom stereocenters. The van der Waals surface area contributed by atoms with Crippen molar-refractivity contribution in [2.45, 2.75) is 26.2 Å². The summed E-state index contributed by atoms with van der Waals surface area (Å²) in [7, 11) is 1.63. The summed E-state index contributed by atoms with van der Waals surface area (Å²) in [5, 5.41) is 9.96. The Morgan fingerprint density at radius 3 is 2.50 bits per heavy atom. The zero-order valence-electron chi connectivity index (χ0n) is 14.0. The number of hydrogen-bond acceptors (Lipinski definition) is 4. The van der Waals surface area contributed by atoms with Crippen molar-refractivity contribution in [3.8, 4) is 5.75 Å². The minimum absolute atomic E-state index is 0.00893. The van der Waals surface area contributed by atoms with E-state index >= 15 is 0 Å². The van der Waals surface area contributed by atoms with Crippen LogP contribution in [0.2, 0.25) is 0 Å². The van der Waals surface area contributed by atoms with Crippen LogP contribution in [0, 0.1) is 0 Å². The summed E-state index contributed by atoms with van der Waals surface area (Å²) in [4.78, 5) is 16.0. The van der Waals surface area contributed by atoms with Gasteiger partial charge in [0.1, 0.15) is 11.9 Å². The number of amides is 2. The molecule has 0 spiro atoms. The van der Waals surface area contributed by atoms with Crippen molar-refractivity contribution in [3.63, 3.8) is 0 Å². The average Bonchev–Trinajstić information content (AvgIpc) is 3.04. The fourth-order valence-electron chi connectivity index (χ4n) is 3.05. The summed E-state index contributed by atoms with van der Waals surface area (Å²) in [5.74, 6) is 0.794. The number of carbonyl (C=O) groups excluding carboxylic acids is 1. The van der Waals surface area contributed by atoms with E-state index in [1.165, 1.54) is 0 Å². The SMILES string of the molecule is CCN1C(=O)N(CC)C2C1NC(=S)N2/N=C/c1ccc(OC)cc1. The monoisotopic (exact) mass is 347 g/mol. The van der Waals surface area contributed by atoms with Gasteiger partial charge in [0, 0.05) is 13.1 Å². The third-order valence-electron chi connectivity index (χ3n) is 4.29. The van der Waals surface area contributed by atoms with Crippen LogP contribution in [-0.4, -0.2) is 64.7 Å². The van der Waals surface area contributed by atoms with Gasteiger partial charge in [0.05, 0.1) is 13.3 Å². The highest BCUT2D eigenvalue weighted by Gasteiger charge is 2.53. The van der Waals surface area contributed by atoms with Crippen molar-refractivity contribution in [2.75, 3.05) is 20.2 Å². The first-order valence-electron chi connectivity index (χ1n) is 7.95. The van der Waals surface area contributed by atoms with Crippen LogP contribution in [0.5, 0.6) is 5.75 Å². The minimum Gasteiger partial charge on any atom is -0.497 e.